The maximum Gasteiger partial charge on any atom is 0.227 e. The molecule has 0 spiro atoms. The summed E-state index contributed by atoms with van der Waals surface area (Å²) in [7, 11) is 0. The molecular weight excluding hydrogens is 270 g/mol. The molecule has 0 aromatic heterocycles. The molecular formula is C15H27N3O3. The second kappa shape index (κ2) is 7.75. The Balaban J connectivity index is 1.88. The van der Waals surface area contributed by atoms with Crippen LogP contribution >= 0.6 is 0 Å². The summed E-state index contributed by atoms with van der Waals surface area (Å²) in [5.41, 5.74) is 0. The van der Waals surface area contributed by atoms with Gasteiger partial charge in [-0.3, -0.25) is 14.5 Å². The molecule has 0 aliphatic carbocycles. The van der Waals surface area contributed by atoms with Crippen molar-refractivity contribution in [3.05, 3.63) is 0 Å². The summed E-state index contributed by atoms with van der Waals surface area (Å²) in [6.07, 6.45) is 2.76. The number of hydrogen-bond acceptors (Lipinski definition) is 4. The molecule has 1 unspecified atom stereocenters. The first kappa shape index (κ1) is 16.2. The van der Waals surface area contributed by atoms with Gasteiger partial charge in [-0.15, -0.1) is 0 Å². The van der Waals surface area contributed by atoms with Crippen LogP contribution in [-0.4, -0.2) is 84.0 Å². The van der Waals surface area contributed by atoms with Crippen LogP contribution in [-0.2, 0) is 9.59 Å². The molecule has 2 aliphatic heterocycles. The zero-order valence-corrected chi connectivity index (χ0v) is 13.0. The Morgan fingerprint density at radius 3 is 2.52 bits per heavy atom. The van der Waals surface area contributed by atoms with Gasteiger partial charge in [0.15, 0.2) is 0 Å². The van der Waals surface area contributed by atoms with Crippen LogP contribution in [0, 0.1) is 5.92 Å². The van der Waals surface area contributed by atoms with Gasteiger partial charge in [-0.25, -0.2) is 0 Å². The molecule has 2 aliphatic rings. The van der Waals surface area contributed by atoms with Crippen LogP contribution in [0.4, 0.5) is 0 Å². The van der Waals surface area contributed by atoms with Crippen LogP contribution < -0.4 is 0 Å². The van der Waals surface area contributed by atoms with Crippen molar-refractivity contribution in [2.24, 2.45) is 5.92 Å². The van der Waals surface area contributed by atoms with E-state index in [1.165, 1.54) is 0 Å². The normalized spacial score (nSPS) is 24.8. The van der Waals surface area contributed by atoms with E-state index in [1.54, 1.807) is 11.8 Å². The number of piperidine rings is 1. The number of likely N-dealkylation sites (tertiary alicyclic amines) is 1. The number of aliphatic hydroxyl groups is 1. The molecule has 1 atom stereocenters. The first-order chi connectivity index (χ1) is 10.1. The molecule has 0 aromatic carbocycles. The van der Waals surface area contributed by atoms with Crippen LogP contribution in [0.15, 0.2) is 0 Å². The number of rotatable bonds is 3. The lowest BCUT2D eigenvalue weighted by atomic mass is 9.96. The van der Waals surface area contributed by atoms with Gasteiger partial charge in [0, 0.05) is 46.2 Å². The fourth-order valence-corrected chi connectivity index (χ4v) is 3.28. The zero-order valence-electron chi connectivity index (χ0n) is 13.0. The third-order valence-corrected chi connectivity index (χ3v) is 4.53. The number of β-amino-alcohol motifs (C(OH)–C–C–N with tert-alkyl or cyclic N) is 1. The zero-order chi connectivity index (χ0) is 15.2. The van der Waals surface area contributed by atoms with Gasteiger partial charge in [0.05, 0.1) is 12.5 Å². The molecule has 1 N–H and O–H groups in total. The summed E-state index contributed by atoms with van der Waals surface area (Å²) in [6, 6.07) is 0. The molecule has 2 rings (SSSR count). The maximum atomic E-state index is 12.7. The molecule has 21 heavy (non-hydrogen) atoms. The highest BCUT2D eigenvalue weighted by molar-refractivity contribution is 5.80. The summed E-state index contributed by atoms with van der Waals surface area (Å²) in [5.74, 6) is 0.233. The van der Waals surface area contributed by atoms with Crippen molar-refractivity contribution in [2.45, 2.75) is 26.2 Å². The van der Waals surface area contributed by atoms with Crippen molar-refractivity contribution in [1.82, 2.24) is 14.7 Å². The van der Waals surface area contributed by atoms with Gasteiger partial charge in [0.1, 0.15) is 0 Å². The number of nitrogens with zero attached hydrogens (tertiary/aromatic N) is 3. The second-order valence-corrected chi connectivity index (χ2v) is 6.05. The Kier molecular flexibility index (Phi) is 5.99. The van der Waals surface area contributed by atoms with Crippen LogP contribution in [0.1, 0.15) is 26.2 Å². The van der Waals surface area contributed by atoms with Crippen molar-refractivity contribution >= 4 is 11.8 Å². The molecule has 2 fully saturated rings. The summed E-state index contributed by atoms with van der Waals surface area (Å²) in [6.45, 7) is 7.07. The van der Waals surface area contributed by atoms with E-state index in [4.69, 9.17) is 5.11 Å². The van der Waals surface area contributed by atoms with E-state index in [-0.39, 0.29) is 24.3 Å². The van der Waals surface area contributed by atoms with Crippen molar-refractivity contribution in [1.29, 1.82) is 0 Å². The van der Waals surface area contributed by atoms with Gasteiger partial charge < -0.3 is 14.9 Å². The Labute approximate surface area is 126 Å². The molecule has 2 amide bonds. The molecule has 120 valence electrons. The Bertz CT molecular complexity index is 375. The van der Waals surface area contributed by atoms with Gasteiger partial charge in [0.25, 0.3) is 0 Å². The van der Waals surface area contributed by atoms with Gasteiger partial charge >= 0.3 is 0 Å². The minimum Gasteiger partial charge on any atom is -0.395 e. The molecule has 0 bridgehead atoms. The van der Waals surface area contributed by atoms with Crippen LogP contribution in [0.3, 0.4) is 0 Å². The molecule has 0 saturated carbocycles. The topological polar surface area (TPSA) is 64.1 Å². The molecule has 6 nitrogen and oxygen atoms in total. The van der Waals surface area contributed by atoms with Crippen LogP contribution in [0.25, 0.3) is 0 Å². The molecule has 0 radical (unpaired) electrons. The summed E-state index contributed by atoms with van der Waals surface area (Å²) < 4.78 is 0. The standard InChI is InChI=1S/C15H27N3O3/c1-13(20)18-6-2-4-14(12-18)15(21)17-7-3-5-16(8-9-17)10-11-19/h14,19H,2-12H2,1H3. The summed E-state index contributed by atoms with van der Waals surface area (Å²) >= 11 is 0. The largest absolute Gasteiger partial charge is 0.395 e. The first-order valence-electron chi connectivity index (χ1n) is 7.99. The SMILES string of the molecule is CC(=O)N1CCCC(C(=O)N2CCCN(CCO)CC2)C1. The third-order valence-electron chi connectivity index (χ3n) is 4.53. The predicted molar refractivity (Wildman–Crippen MR) is 79.7 cm³/mol. The summed E-state index contributed by atoms with van der Waals surface area (Å²) in [4.78, 5) is 30.1. The lowest BCUT2D eigenvalue weighted by Gasteiger charge is -2.34. The van der Waals surface area contributed by atoms with Gasteiger partial charge in [-0.2, -0.15) is 0 Å². The maximum absolute atomic E-state index is 12.7. The fraction of sp³-hybridized carbons (Fsp3) is 0.867. The number of carbonyl (C=O) groups excluding carboxylic acids is 2. The van der Waals surface area contributed by atoms with Gasteiger partial charge in [-0.1, -0.05) is 0 Å². The quantitative estimate of drug-likeness (QED) is 0.782. The van der Waals surface area contributed by atoms with Crippen molar-refractivity contribution < 1.29 is 14.7 Å². The van der Waals surface area contributed by atoms with Crippen molar-refractivity contribution in [2.75, 3.05) is 52.4 Å². The minimum atomic E-state index is -0.0351. The van der Waals surface area contributed by atoms with E-state index < -0.39 is 0 Å². The Hall–Kier alpha value is -1.14. The number of amides is 2. The van der Waals surface area contributed by atoms with Crippen molar-refractivity contribution in [3.63, 3.8) is 0 Å². The fourth-order valence-electron chi connectivity index (χ4n) is 3.28. The highest BCUT2D eigenvalue weighted by Gasteiger charge is 2.30. The summed E-state index contributed by atoms with van der Waals surface area (Å²) in [5, 5.41) is 9.01. The molecule has 0 aromatic rings. The predicted octanol–water partition coefficient (Wildman–Crippen LogP) is -0.228. The number of carbonyl (C=O) groups is 2. The highest BCUT2D eigenvalue weighted by atomic mass is 16.3. The molecule has 2 saturated heterocycles. The van der Waals surface area contributed by atoms with E-state index in [9.17, 15) is 9.59 Å². The van der Waals surface area contributed by atoms with E-state index >= 15 is 0 Å². The van der Waals surface area contributed by atoms with Crippen LogP contribution in [0.2, 0.25) is 0 Å². The monoisotopic (exact) mass is 297 g/mol. The smallest absolute Gasteiger partial charge is 0.227 e. The Morgan fingerprint density at radius 1 is 1.05 bits per heavy atom. The minimum absolute atomic E-state index is 0.0351. The van der Waals surface area contributed by atoms with E-state index in [1.807, 2.05) is 4.90 Å². The van der Waals surface area contributed by atoms with Gasteiger partial charge in [-0.05, 0) is 25.8 Å². The molecule has 2 heterocycles. The van der Waals surface area contributed by atoms with E-state index in [0.29, 0.717) is 13.1 Å². The van der Waals surface area contributed by atoms with Crippen molar-refractivity contribution in [3.8, 4) is 0 Å². The van der Waals surface area contributed by atoms with E-state index in [0.717, 1.165) is 52.0 Å². The number of aliphatic hydroxyl groups excluding tert-OH is 1. The highest BCUT2D eigenvalue weighted by Crippen LogP contribution is 2.20. The lowest BCUT2D eigenvalue weighted by Crippen LogP contribution is -2.47. The average Bonchev–Trinajstić information content (AvgIpc) is 2.73. The Morgan fingerprint density at radius 2 is 1.81 bits per heavy atom. The van der Waals surface area contributed by atoms with Crippen LogP contribution in [0.5, 0.6) is 0 Å². The molecule has 6 heteroatoms. The first-order valence-corrected chi connectivity index (χ1v) is 7.99. The van der Waals surface area contributed by atoms with E-state index in [2.05, 4.69) is 4.90 Å². The second-order valence-electron chi connectivity index (χ2n) is 6.05. The lowest BCUT2D eigenvalue weighted by molar-refractivity contribution is -0.140. The third kappa shape index (κ3) is 4.41. The average molecular weight is 297 g/mol. The number of hydrogen-bond donors (Lipinski definition) is 1. The van der Waals surface area contributed by atoms with Gasteiger partial charge in [0.2, 0.25) is 11.8 Å².